The number of carbonyl (C=O) groups is 2. The Labute approximate surface area is 169 Å². The molecule has 9 heteroatoms. The number of hydrogen-bond donors (Lipinski definition) is 2. The van der Waals surface area contributed by atoms with Crippen LogP contribution in [-0.4, -0.2) is 35.3 Å². The van der Waals surface area contributed by atoms with Crippen molar-refractivity contribution in [3.63, 3.8) is 0 Å². The molecule has 0 unspecified atom stereocenters. The summed E-state index contributed by atoms with van der Waals surface area (Å²) in [7, 11) is 3.13. The van der Waals surface area contributed by atoms with Crippen molar-refractivity contribution in [2.24, 2.45) is 13.0 Å². The Hall–Kier alpha value is -2.74. The molecular weight excluding hydrogens is 384 g/mol. The van der Waals surface area contributed by atoms with Crippen molar-refractivity contribution >= 4 is 23.4 Å². The second-order valence-electron chi connectivity index (χ2n) is 6.68. The number of methoxy groups -OCH3 is 1. The predicted molar refractivity (Wildman–Crippen MR) is 106 cm³/mol. The first-order valence-corrected chi connectivity index (χ1v) is 9.23. The van der Waals surface area contributed by atoms with Crippen molar-refractivity contribution in [2.75, 3.05) is 13.7 Å². The molecule has 8 nitrogen and oxygen atoms in total. The average molecular weight is 409 g/mol. The zero-order valence-corrected chi connectivity index (χ0v) is 17.4. The van der Waals surface area contributed by atoms with Crippen molar-refractivity contribution < 1.29 is 19.1 Å². The quantitative estimate of drug-likeness (QED) is 0.687. The third kappa shape index (κ3) is 5.16. The third-order valence-corrected chi connectivity index (χ3v) is 4.48. The Morgan fingerprint density at radius 1 is 1.21 bits per heavy atom. The minimum Gasteiger partial charge on any atom is -0.493 e. The van der Waals surface area contributed by atoms with E-state index in [9.17, 15) is 9.59 Å². The average Bonchev–Trinajstić information content (AvgIpc) is 2.91. The van der Waals surface area contributed by atoms with E-state index in [1.807, 2.05) is 0 Å². The van der Waals surface area contributed by atoms with Gasteiger partial charge in [0, 0.05) is 12.6 Å². The van der Waals surface area contributed by atoms with E-state index in [2.05, 4.69) is 29.8 Å². The fourth-order valence-corrected chi connectivity index (χ4v) is 2.73. The predicted octanol–water partition coefficient (Wildman–Crippen LogP) is 2.89. The Morgan fingerprint density at radius 2 is 1.89 bits per heavy atom. The number of halogens is 1. The molecule has 0 saturated carbocycles. The second-order valence-corrected chi connectivity index (χ2v) is 7.04. The first-order chi connectivity index (χ1) is 13.2. The summed E-state index contributed by atoms with van der Waals surface area (Å²) in [5.41, 5.74) is 5.68. The van der Waals surface area contributed by atoms with Crippen molar-refractivity contribution in [1.82, 2.24) is 20.6 Å². The van der Waals surface area contributed by atoms with Crippen LogP contribution in [0, 0.1) is 12.8 Å². The number of hydrogen-bond acceptors (Lipinski definition) is 5. The largest absolute Gasteiger partial charge is 0.493 e. The SMILES string of the molecule is COc1cc(C(=O)NNC(=O)c2c(C)nn(C)c2Cl)ccc1OCCC(C)C. The molecular formula is C19H25ClN4O4. The smallest absolute Gasteiger partial charge is 0.274 e. The molecule has 0 bridgehead atoms. The van der Waals surface area contributed by atoms with Crippen LogP contribution in [0.5, 0.6) is 11.5 Å². The molecule has 0 aliphatic carbocycles. The summed E-state index contributed by atoms with van der Waals surface area (Å²) in [4.78, 5) is 24.6. The van der Waals surface area contributed by atoms with Gasteiger partial charge >= 0.3 is 0 Å². The standard InChI is InChI=1S/C19H25ClN4O4/c1-11(2)8-9-28-14-7-6-13(10-15(14)27-5)18(25)21-22-19(26)16-12(3)23-24(4)17(16)20/h6-7,10-11H,8-9H2,1-5H3,(H,21,25)(H,22,26). The number of ether oxygens (including phenoxy) is 2. The molecule has 2 amide bonds. The summed E-state index contributed by atoms with van der Waals surface area (Å²) in [6, 6.07) is 4.81. The highest BCUT2D eigenvalue weighted by molar-refractivity contribution is 6.33. The molecule has 0 saturated heterocycles. The molecule has 0 atom stereocenters. The molecule has 0 aliphatic rings. The molecule has 1 heterocycles. The molecule has 0 spiro atoms. The number of aryl methyl sites for hydroxylation is 2. The van der Waals surface area contributed by atoms with Crippen LogP contribution in [0.25, 0.3) is 0 Å². The number of amides is 2. The normalized spacial score (nSPS) is 10.7. The summed E-state index contributed by atoms with van der Waals surface area (Å²) < 4.78 is 12.4. The number of hydrazine groups is 1. The van der Waals surface area contributed by atoms with Crippen LogP contribution in [0.3, 0.4) is 0 Å². The lowest BCUT2D eigenvalue weighted by Gasteiger charge is -2.13. The van der Waals surface area contributed by atoms with Crippen LogP contribution in [0.4, 0.5) is 0 Å². The van der Waals surface area contributed by atoms with Crippen LogP contribution >= 0.6 is 11.6 Å². The molecule has 2 aromatic rings. The fraction of sp³-hybridized carbons (Fsp3) is 0.421. The highest BCUT2D eigenvalue weighted by atomic mass is 35.5. The van der Waals surface area contributed by atoms with E-state index in [0.29, 0.717) is 35.3 Å². The van der Waals surface area contributed by atoms with Gasteiger partial charge < -0.3 is 9.47 Å². The molecule has 2 rings (SSSR count). The van der Waals surface area contributed by atoms with Crippen LogP contribution in [-0.2, 0) is 7.05 Å². The van der Waals surface area contributed by atoms with Gasteiger partial charge in [-0.05, 0) is 37.5 Å². The summed E-state index contributed by atoms with van der Waals surface area (Å²) in [6.07, 6.45) is 0.910. The lowest BCUT2D eigenvalue weighted by molar-refractivity contribution is 0.0846. The summed E-state index contributed by atoms with van der Waals surface area (Å²) >= 11 is 6.06. The van der Waals surface area contributed by atoms with Crippen molar-refractivity contribution in [2.45, 2.75) is 27.2 Å². The molecule has 1 aromatic heterocycles. The van der Waals surface area contributed by atoms with Gasteiger partial charge in [-0.25, -0.2) is 0 Å². The topological polar surface area (TPSA) is 94.5 Å². The molecule has 0 aliphatic heterocycles. The van der Waals surface area contributed by atoms with Crippen LogP contribution < -0.4 is 20.3 Å². The summed E-state index contributed by atoms with van der Waals surface area (Å²) in [5, 5.41) is 4.25. The van der Waals surface area contributed by atoms with Crippen molar-refractivity contribution in [3.05, 3.63) is 40.2 Å². The Balaban J connectivity index is 2.02. The van der Waals surface area contributed by atoms with Crippen molar-refractivity contribution in [1.29, 1.82) is 0 Å². The van der Waals surface area contributed by atoms with Crippen LogP contribution in [0.2, 0.25) is 5.15 Å². The zero-order chi connectivity index (χ0) is 20.8. The van der Waals surface area contributed by atoms with E-state index < -0.39 is 11.8 Å². The third-order valence-electron chi connectivity index (χ3n) is 4.05. The number of aromatic nitrogens is 2. The molecule has 0 radical (unpaired) electrons. The first-order valence-electron chi connectivity index (χ1n) is 8.85. The van der Waals surface area contributed by atoms with E-state index in [4.69, 9.17) is 21.1 Å². The Kier molecular flexibility index (Phi) is 7.28. The Bertz CT molecular complexity index is 864. The fourth-order valence-electron chi connectivity index (χ4n) is 2.47. The molecule has 28 heavy (non-hydrogen) atoms. The molecule has 0 fully saturated rings. The second kappa shape index (κ2) is 9.45. The van der Waals surface area contributed by atoms with E-state index in [-0.39, 0.29) is 10.7 Å². The number of rotatable bonds is 7. The van der Waals surface area contributed by atoms with Crippen molar-refractivity contribution in [3.8, 4) is 11.5 Å². The van der Waals surface area contributed by atoms with Crippen LogP contribution in [0.1, 0.15) is 46.7 Å². The molecule has 1 aromatic carbocycles. The van der Waals surface area contributed by atoms with Gasteiger partial charge in [0.25, 0.3) is 11.8 Å². The monoisotopic (exact) mass is 408 g/mol. The highest BCUT2D eigenvalue weighted by Gasteiger charge is 2.20. The van der Waals surface area contributed by atoms with Gasteiger partial charge in [0.2, 0.25) is 0 Å². The van der Waals surface area contributed by atoms with Gasteiger partial charge in [-0.15, -0.1) is 0 Å². The number of nitrogens with one attached hydrogen (secondary N) is 2. The van der Waals surface area contributed by atoms with E-state index >= 15 is 0 Å². The zero-order valence-electron chi connectivity index (χ0n) is 16.6. The maximum Gasteiger partial charge on any atom is 0.274 e. The minimum absolute atomic E-state index is 0.189. The first kappa shape index (κ1) is 21.6. The lowest BCUT2D eigenvalue weighted by Crippen LogP contribution is -2.41. The van der Waals surface area contributed by atoms with Gasteiger partial charge in [-0.2, -0.15) is 5.10 Å². The highest BCUT2D eigenvalue weighted by Crippen LogP contribution is 2.28. The molecule has 2 N–H and O–H groups in total. The van der Waals surface area contributed by atoms with Gasteiger partial charge in [-0.3, -0.25) is 25.1 Å². The lowest BCUT2D eigenvalue weighted by atomic mass is 10.1. The minimum atomic E-state index is -0.551. The number of nitrogens with zero attached hydrogens (tertiary/aromatic N) is 2. The van der Waals surface area contributed by atoms with Gasteiger partial charge in [0.15, 0.2) is 11.5 Å². The molecule has 152 valence electrons. The van der Waals surface area contributed by atoms with Gasteiger partial charge in [0.05, 0.1) is 19.4 Å². The summed E-state index contributed by atoms with van der Waals surface area (Å²) in [6.45, 7) is 6.44. The maximum absolute atomic E-state index is 12.4. The van der Waals surface area contributed by atoms with Gasteiger partial charge in [-0.1, -0.05) is 25.4 Å². The summed E-state index contributed by atoms with van der Waals surface area (Å²) in [5.74, 6) is 0.467. The van der Waals surface area contributed by atoms with E-state index in [0.717, 1.165) is 6.42 Å². The number of carbonyl (C=O) groups excluding carboxylic acids is 2. The number of benzene rings is 1. The van der Waals surface area contributed by atoms with Crippen LogP contribution in [0.15, 0.2) is 18.2 Å². The van der Waals surface area contributed by atoms with Gasteiger partial charge in [0.1, 0.15) is 10.7 Å². The maximum atomic E-state index is 12.4. The van der Waals surface area contributed by atoms with E-state index in [1.54, 1.807) is 32.2 Å². The van der Waals surface area contributed by atoms with E-state index in [1.165, 1.54) is 11.8 Å². The Morgan fingerprint density at radius 3 is 2.46 bits per heavy atom.